The summed E-state index contributed by atoms with van der Waals surface area (Å²) in [6.07, 6.45) is 1.47. The quantitative estimate of drug-likeness (QED) is 0.0212. The number of carbonyl (C=O) groups excluding carboxylic acids is 4. The number of carboxylic acids is 1. The molecule has 4 amide bonds. The molecule has 0 aliphatic rings. The van der Waals surface area contributed by atoms with E-state index in [1.807, 2.05) is 92.1 Å². The summed E-state index contributed by atoms with van der Waals surface area (Å²) in [5.74, 6) is -2.80. The standard InChI is InChI=1S/C57H82F2N6O12SSi/c1-57(2,3)53(50-35-45(47-36-46(58)19-20-48(47)59)39-64(50)38-43-15-9-7-10-16-43)65(24-13-21-62-55(70)76-33-34-79(4,5)6)52(67)42-78-41-49(54(68)69)60-22-14-25-72-27-29-74-31-32-75-30-28-73-26-23-61-51(66)37-63-56(71)77-40-44-17-11-8-12-18-44/h7-12,15-20,35-36,39,49,53,60H,13-14,21-34,37-38,40-42H2,1-6H3,(H,61,66)(H,62,70)(H,63,71)(H,68,69)/t49-,53-/m0/s1. The summed E-state index contributed by atoms with van der Waals surface area (Å²) in [6.45, 7) is 17.0. The Kier molecular flexibility index (Phi) is 29.6. The van der Waals surface area contributed by atoms with E-state index in [0.29, 0.717) is 90.0 Å². The smallest absolute Gasteiger partial charge is 0.407 e. The zero-order chi connectivity index (χ0) is 57.5. The van der Waals surface area contributed by atoms with Gasteiger partial charge in [-0.1, -0.05) is 101 Å². The van der Waals surface area contributed by atoms with E-state index in [0.717, 1.165) is 35.4 Å². The van der Waals surface area contributed by atoms with Crippen LogP contribution >= 0.6 is 11.8 Å². The predicted octanol–water partition coefficient (Wildman–Crippen LogP) is 8.13. The molecule has 0 aliphatic heterocycles. The molecule has 4 aromatic rings. The number of aromatic nitrogens is 1. The molecule has 0 unspecified atom stereocenters. The van der Waals surface area contributed by atoms with Crippen LogP contribution in [0.1, 0.15) is 56.5 Å². The van der Waals surface area contributed by atoms with Crippen LogP contribution in [0.4, 0.5) is 18.4 Å². The van der Waals surface area contributed by atoms with Gasteiger partial charge in [-0.05, 0) is 66.2 Å². The zero-order valence-electron chi connectivity index (χ0n) is 46.7. The van der Waals surface area contributed by atoms with Crippen molar-refractivity contribution < 1.29 is 66.3 Å². The van der Waals surface area contributed by atoms with E-state index in [9.17, 15) is 33.5 Å². The number of amides is 4. The average Bonchev–Trinajstić information content (AvgIpc) is 3.88. The van der Waals surface area contributed by atoms with Gasteiger partial charge in [0, 0.05) is 69.6 Å². The second-order valence-electron chi connectivity index (χ2n) is 20.9. The van der Waals surface area contributed by atoms with Gasteiger partial charge in [-0.2, -0.15) is 0 Å². The first-order chi connectivity index (χ1) is 37.8. The van der Waals surface area contributed by atoms with Gasteiger partial charge in [0.1, 0.15) is 24.3 Å². The minimum absolute atomic E-state index is 0.0461. The van der Waals surface area contributed by atoms with Gasteiger partial charge >= 0.3 is 18.2 Å². The summed E-state index contributed by atoms with van der Waals surface area (Å²) in [7, 11) is -1.42. The van der Waals surface area contributed by atoms with Crippen LogP contribution in [0.15, 0.2) is 91.1 Å². The summed E-state index contributed by atoms with van der Waals surface area (Å²) in [6, 6.07) is 23.3. The predicted molar refractivity (Wildman–Crippen MR) is 304 cm³/mol. The summed E-state index contributed by atoms with van der Waals surface area (Å²) in [5, 5.41) is 21.0. The number of ether oxygens (including phenoxy) is 6. The van der Waals surface area contributed by atoms with Gasteiger partial charge in [-0.25, -0.2) is 18.4 Å². The molecular weight excluding hydrogens is 1060 g/mol. The summed E-state index contributed by atoms with van der Waals surface area (Å²) in [5.41, 5.74) is 2.43. The number of carboxylic acid groups (broad SMARTS) is 1. The fourth-order valence-corrected chi connectivity index (χ4v) is 9.65. The largest absolute Gasteiger partial charge is 0.480 e. The van der Waals surface area contributed by atoms with Crippen molar-refractivity contribution in [1.29, 1.82) is 0 Å². The molecule has 3 aromatic carbocycles. The van der Waals surface area contributed by atoms with Gasteiger partial charge in [-0.15, -0.1) is 11.8 Å². The Morgan fingerprint density at radius 2 is 1.33 bits per heavy atom. The first-order valence-corrected chi connectivity index (χ1v) is 31.6. The van der Waals surface area contributed by atoms with Crippen LogP contribution in [0.2, 0.25) is 25.7 Å². The summed E-state index contributed by atoms with van der Waals surface area (Å²) in [4.78, 5) is 65.1. The molecule has 436 valence electrons. The van der Waals surface area contributed by atoms with E-state index in [4.69, 9.17) is 28.4 Å². The maximum absolute atomic E-state index is 15.4. The molecular formula is C57H82F2N6O12SSi. The Labute approximate surface area is 469 Å². The van der Waals surface area contributed by atoms with E-state index >= 15 is 4.39 Å². The molecule has 0 fully saturated rings. The van der Waals surface area contributed by atoms with Crippen LogP contribution in [0, 0.1) is 17.0 Å². The fourth-order valence-electron chi connectivity index (χ4n) is 7.98. The molecule has 0 radical (unpaired) electrons. The third kappa shape index (κ3) is 26.8. The van der Waals surface area contributed by atoms with Gasteiger partial charge in [-0.3, -0.25) is 14.4 Å². The molecule has 22 heteroatoms. The number of hydrogen-bond acceptors (Lipinski definition) is 13. The van der Waals surface area contributed by atoms with E-state index in [1.165, 1.54) is 11.8 Å². The number of rotatable bonds is 38. The highest BCUT2D eigenvalue weighted by atomic mass is 32.2. The third-order valence-corrected chi connectivity index (χ3v) is 14.7. The summed E-state index contributed by atoms with van der Waals surface area (Å²) >= 11 is 1.20. The first-order valence-electron chi connectivity index (χ1n) is 26.8. The van der Waals surface area contributed by atoms with E-state index in [2.05, 4.69) is 40.9 Å². The first kappa shape index (κ1) is 65.6. The van der Waals surface area contributed by atoms with Crippen LogP contribution in [-0.2, 0) is 56.0 Å². The maximum Gasteiger partial charge on any atom is 0.407 e. The van der Waals surface area contributed by atoms with Gasteiger partial charge in [0.05, 0.1) is 71.2 Å². The number of aliphatic carboxylic acids is 1. The van der Waals surface area contributed by atoms with Crippen molar-refractivity contribution in [3.63, 3.8) is 0 Å². The van der Waals surface area contributed by atoms with E-state index in [1.54, 1.807) is 11.1 Å². The molecule has 0 spiro atoms. The Morgan fingerprint density at radius 3 is 1.96 bits per heavy atom. The highest BCUT2D eigenvalue weighted by molar-refractivity contribution is 8.00. The average molecular weight is 1140 g/mol. The lowest BCUT2D eigenvalue weighted by atomic mass is 9.83. The Hall–Kier alpha value is -5.88. The number of nitrogens with one attached hydrogen (secondary N) is 4. The minimum atomic E-state index is -1.42. The topological polar surface area (TPSA) is 217 Å². The van der Waals surface area contributed by atoms with Crippen LogP contribution in [0.3, 0.4) is 0 Å². The number of hydrogen-bond donors (Lipinski definition) is 5. The lowest BCUT2D eigenvalue weighted by Crippen LogP contribution is -2.45. The molecule has 1 aromatic heterocycles. The number of benzene rings is 3. The number of thioether (sulfide) groups is 1. The van der Waals surface area contributed by atoms with Crippen LogP contribution in [-0.4, -0.2) is 162 Å². The van der Waals surface area contributed by atoms with Crippen molar-refractivity contribution in [1.82, 2.24) is 30.7 Å². The Bertz CT molecular complexity index is 2450. The van der Waals surface area contributed by atoms with Gasteiger partial charge in [0.15, 0.2) is 0 Å². The van der Waals surface area contributed by atoms with Crippen LogP contribution < -0.4 is 21.3 Å². The molecule has 2 atom stereocenters. The SMILES string of the molecule is CC(C)(C)[C@H](c1cc(-c2cc(F)ccc2F)cn1Cc1ccccc1)N(CCCNC(=O)OCC[Si](C)(C)C)C(=O)CSC[C@H](NCCCOCCOCCOCCOCCNC(=O)CNC(=O)OCc1ccccc1)C(=O)O. The highest BCUT2D eigenvalue weighted by Crippen LogP contribution is 2.41. The molecule has 1 heterocycles. The second kappa shape index (κ2) is 35.7. The van der Waals surface area contributed by atoms with Gasteiger partial charge < -0.3 is 64.3 Å². The molecule has 0 saturated carbocycles. The fraction of sp³-hybridized carbons (Fsp3) is 0.526. The van der Waals surface area contributed by atoms with Crippen LogP contribution in [0.25, 0.3) is 11.1 Å². The number of alkyl carbamates (subject to hydrolysis) is 2. The molecule has 18 nitrogen and oxygen atoms in total. The lowest BCUT2D eigenvalue weighted by Gasteiger charge is -2.41. The van der Waals surface area contributed by atoms with Crippen molar-refractivity contribution in [2.75, 3.05) is 104 Å². The molecule has 79 heavy (non-hydrogen) atoms. The monoisotopic (exact) mass is 1140 g/mol. The second-order valence-corrected chi connectivity index (χ2v) is 27.6. The third-order valence-electron chi connectivity index (χ3n) is 12.0. The highest BCUT2D eigenvalue weighted by Gasteiger charge is 2.37. The molecule has 4 rings (SSSR count). The van der Waals surface area contributed by atoms with E-state index < -0.39 is 55.4 Å². The van der Waals surface area contributed by atoms with Gasteiger partial charge in [0.25, 0.3) is 0 Å². The van der Waals surface area contributed by atoms with Gasteiger partial charge in [0.2, 0.25) is 11.8 Å². The minimum Gasteiger partial charge on any atom is -0.480 e. The molecule has 0 aliphatic carbocycles. The van der Waals surface area contributed by atoms with Crippen LogP contribution in [0.5, 0.6) is 0 Å². The van der Waals surface area contributed by atoms with Crippen molar-refractivity contribution in [3.8, 4) is 11.1 Å². The number of halogens is 2. The lowest BCUT2D eigenvalue weighted by molar-refractivity contribution is -0.139. The Morgan fingerprint density at radius 1 is 0.709 bits per heavy atom. The molecule has 5 N–H and O–H groups in total. The zero-order valence-corrected chi connectivity index (χ0v) is 48.5. The van der Waals surface area contributed by atoms with Crippen molar-refractivity contribution in [3.05, 3.63) is 120 Å². The molecule has 0 saturated heterocycles. The Balaban J connectivity index is 1.19. The van der Waals surface area contributed by atoms with Crippen molar-refractivity contribution >= 4 is 49.8 Å². The molecule has 0 bridgehead atoms. The summed E-state index contributed by atoms with van der Waals surface area (Å²) < 4.78 is 64.6. The van der Waals surface area contributed by atoms with Crippen molar-refractivity contribution in [2.45, 2.75) is 84.5 Å². The normalized spacial score (nSPS) is 12.4. The van der Waals surface area contributed by atoms with E-state index in [-0.39, 0.29) is 68.3 Å². The number of carbonyl (C=O) groups is 5. The van der Waals surface area contributed by atoms with Crippen molar-refractivity contribution in [2.24, 2.45) is 5.41 Å². The maximum atomic E-state index is 15.4. The number of nitrogens with zero attached hydrogens (tertiary/aromatic N) is 2.